The van der Waals surface area contributed by atoms with Crippen LogP contribution in [0.25, 0.3) is 0 Å². The van der Waals surface area contributed by atoms with E-state index in [0.29, 0.717) is 12.3 Å². The quantitative estimate of drug-likeness (QED) is 0.841. The van der Waals surface area contributed by atoms with Gasteiger partial charge < -0.3 is 10.6 Å². The summed E-state index contributed by atoms with van der Waals surface area (Å²) in [7, 11) is 1.87. The van der Waals surface area contributed by atoms with E-state index in [1.165, 1.54) is 19.3 Å². The van der Waals surface area contributed by atoms with E-state index < -0.39 is 0 Å². The van der Waals surface area contributed by atoms with Gasteiger partial charge in [0.1, 0.15) is 0 Å². The molecule has 0 unspecified atom stereocenters. The van der Waals surface area contributed by atoms with Crippen molar-refractivity contribution in [1.82, 2.24) is 20.4 Å². The third kappa shape index (κ3) is 5.08. The van der Waals surface area contributed by atoms with Gasteiger partial charge in [0, 0.05) is 24.7 Å². The van der Waals surface area contributed by atoms with Gasteiger partial charge in [-0.1, -0.05) is 19.3 Å². The number of hydrogen-bond donors (Lipinski definition) is 2. The zero-order valence-electron chi connectivity index (χ0n) is 14.4. The minimum Gasteiger partial charge on any atom is -0.348 e. The highest BCUT2D eigenvalue weighted by Gasteiger charge is 2.18. The summed E-state index contributed by atoms with van der Waals surface area (Å²) in [5, 5.41) is 9.82. The molecule has 2 rings (SSSR count). The average molecular weight is 320 g/mol. The first kappa shape index (κ1) is 17.5. The van der Waals surface area contributed by atoms with E-state index in [9.17, 15) is 9.59 Å². The Kier molecular flexibility index (Phi) is 6.19. The normalized spacial score (nSPS) is 16.8. The summed E-state index contributed by atoms with van der Waals surface area (Å²) in [5.41, 5.74) is 2.02. The number of carbonyl (C=O) groups excluding carboxylic acids is 2. The fourth-order valence-electron chi connectivity index (χ4n) is 3.22. The summed E-state index contributed by atoms with van der Waals surface area (Å²) in [6.07, 6.45) is 8.31. The van der Waals surface area contributed by atoms with Gasteiger partial charge in [-0.2, -0.15) is 5.10 Å². The first-order valence-corrected chi connectivity index (χ1v) is 8.52. The number of amides is 2. The first-order valence-electron chi connectivity index (χ1n) is 8.52. The fourth-order valence-corrected chi connectivity index (χ4v) is 3.22. The predicted octanol–water partition coefficient (Wildman–Crippen LogP) is 1.99. The molecule has 0 radical (unpaired) electrons. The summed E-state index contributed by atoms with van der Waals surface area (Å²) in [4.78, 5) is 23.9. The molecule has 1 atom stereocenters. The highest BCUT2D eigenvalue weighted by Crippen LogP contribution is 2.26. The van der Waals surface area contributed by atoms with Crippen molar-refractivity contribution in [3.8, 4) is 0 Å². The van der Waals surface area contributed by atoms with Gasteiger partial charge in [-0.05, 0) is 32.6 Å². The predicted molar refractivity (Wildman–Crippen MR) is 88.7 cm³/mol. The van der Waals surface area contributed by atoms with Crippen LogP contribution in [0, 0.1) is 12.8 Å². The molecule has 6 nitrogen and oxygen atoms in total. The minimum atomic E-state index is -0.169. The molecule has 1 aromatic heterocycles. The van der Waals surface area contributed by atoms with Crippen molar-refractivity contribution in [2.24, 2.45) is 13.0 Å². The monoisotopic (exact) mass is 320 g/mol. The van der Waals surface area contributed by atoms with Crippen molar-refractivity contribution in [1.29, 1.82) is 0 Å². The van der Waals surface area contributed by atoms with Crippen LogP contribution >= 0.6 is 0 Å². The molecule has 0 bridgehead atoms. The molecule has 0 saturated heterocycles. The van der Waals surface area contributed by atoms with Crippen LogP contribution in [0.2, 0.25) is 0 Å². The van der Waals surface area contributed by atoms with Crippen molar-refractivity contribution >= 4 is 11.8 Å². The lowest BCUT2D eigenvalue weighted by Gasteiger charge is -2.21. The Morgan fingerprint density at radius 1 is 1.30 bits per heavy atom. The fraction of sp³-hybridized carbons (Fsp3) is 0.706. The third-order valence-corrected chi connectivity index (χ3v) is 4.76. The van der Waals surface area contributed by atoms with Crippen LogP contribution in [0.5, 0.6) is 0 Å². The van der Waals surface area contributed by atoms with Crippen LogP contribution in [0.15, 0.2) is 6.20 Å². The van der Waals surface area contributed by atoms with E-state index in [1.54, 1.807) is 10.9 Å². The Morgan fingerprint density at radius 3 is 2.61 bits per heavy atom. The summed E-state index contributed by atoms with van der Waals surface area (Å²) >= 11 is 0. The Labute approximate surface area is 138 Å². The molecule has 1 fully saturated rings. The topological polar surface area (TPSA) is 76.0 Å². The molecule has 128 valence electrons. The average Bonchev–Trinajstić information content (AvgIpc) is 2.86. The maximum Gasteiger partial charge on any atom is 0.239 e. The Hall–Kier alpha value is -1.85. The molecule has 2 N–H and O–H groups in total. The number of hydrogen-bond acceptors (Lipinski definition) is 3. The molecule has 1 saturated carbocycles. The standard InChI is InChI=1S/C17H28N4O2/c1-12(15-10-19-21(3)13(15)2)20-17(23)11-18-16(22)9-14-7-5-4-6-8-14/h10,12,14H,4-9,11H2,1-3H3,(H,18,22)(H,20,23)/t12-/m1/s1. The summed E-state index contributed by atoms with van der Waals surface area (Å²) in [6, 6.07) is -0.119. The molecule has 6 heteroatoms. The van der Waals surface area contributed by atoms with Gasteiger partial charge in [0.25, 0.3) is 0 Å². The number of carbonyl (C=O) groups is 2. The second-order valence-electron chi connectivity index (χ2n) is 6.58. The van der Waals surface area contributed by atoms with E-state index in [0.717, 1.165) is 24.1 Å². The Morgan fingerprint density at radius 2 is 2.00 bits per heavy atom. The number of rotatable bonds is 6. The third-order valence-electron chi connectivity index (χ3n) is 4.76. The van der Waals surface area contributed by atoms with Crippen LogP contribution in [0.4, 0.5) is 0 Å². The summed E-state index contributed by atoms with van der Waals surface area (Å²) in [6.45, 7) is 3.93. The second-order valence-corrected chi connectivity index (χ2v) is 6.58. The molecule has 1 heterocycles. The van der Waals surface area contributed by atoms with E-state index >= 15 is 0 Å². The van der Waals surface area contributed by atoms with Crippen LogP contribution in [0.3, 0.4) is 0 Å². The van der Waals surface area contributed by atoms with Crippen molar-refractivity contribution in [2.45, 2.75) is 58.4 Å². The molecule has 2 amide bonds. The lowest BCUT2D eigenvalue weighted by molar-refractivity contribution is -0.127. The Bertz CT molecular complexity index is 547. The van der Waals surface area contributed by atoms with Gasteiger partial charge in [0.2, 0.25) is 11.8 Å². The Balaban J connectivity index is 1.71. The lowest BCUT2D eigenvalue weighted by atomic mass is 9.87. The number of aromatic nitrogens is 2. The zero-order valence-corrected chi connectivity index (χ0v) is 14.4. The molecule has 1 aliphatic carbocycles. The molecular formula is C17H28N4O2. The molecule has 23 heavy (non-hydrogen) atoms. The van der Waals surface area contributed by atoms with Gasteiger partial charge in [0.05, 0.1) is 18.8 Å². The number of aryl methyl sites for hydroxylation is 1. The molecule has 0 spiro atoms. The van der Waals surface area contributed by atoms with E-state index in [1.807, 2.05) is 20.9 Å². The van der Waals surface area contributed by atoms with E-state index in [-0.39, 0.29) is 24.4 Å². The number of nitrogens with zero attached hydrogens (tertiary/aromatic N) is 2. The van der Waals surface area contributed by atoms with Gasteiger partial charge in [-0.15, -0.1) is 0 Å². The van der Waals surface area contributed by atoms with Crippen molar-refractivity contribution < 1.29 is 9.59 Å². The highest BCUT2D eigenvalue weighted by molar-refractivity contribution is 5.84. The largest absolute Gasteiger partial charge is 0.348 e. The molecule has 1 aliphatic rings. The molecule has 0 aromatic carbocycles. The highest BCUT2D eigenvalue weighted by atomic mass is 16.2. The van der Waals surface area contributed by atoms with Crippen LogP contribution < -0.4 is 10.6 Å². The van der Waals surface area contributed by atoms with Gasteiger partial charge in [0.15, 0.2) is 0 Å². The lowest BCUT2D eigenvalue weighted by Crippen LogP contribution is -2.38. The molecular weight excluding hydrogens is 292 g/mol. The van der Waals surface area contributed by atoms with E-state index in [4.69, 9.17) is 0 Å². The van der Waals surface area contributed by atoms with Crippen molar-refractivity contribution in [2.75, 3.05) is 6.54 Å². The molecule has 0 aliphatic heterocycles. The second kappa shape index (κ2) is 8.13. The van der Waals surface area contributed by atoms with Crippen molar-refractivity contribution in [3.63, 3.8) is 0 Å². The SMILES string of the molecule is Cc1c([C@@H](C)NC(=O)CNC(=O)CC2CCCCC2)cnn1C. The maximum atomic E-state index is 12.0. The molecule has 1 aromatic rings. The smallest absolute Gasteiger partial charge is 0.239 e. The van der Waals surface area contributed by atoms with Crippen LogP contribution in [-0.2, 0) is 16.6 Å². The summed E-state index contributed by atoms with van der Waals surface area (Å²) in [5.74, 6) is 0.304. The van der Waals surface area contributed by atoms with Gasteiger partial charge in [-0.25, -0.2) is 0 Å². The van der Waals surface area contributed by atoms with E-state index in [2.05, 4.69) is 15.7 Å². The number of nitrogens with one attached hydrogen (secondary N) is 2. The maximum absolute atomic E-state index is 12.0. The minimum absolute atomic E-state index is 0.0164. The van der Waals surface area contributed by atoms with Gasteiger partial charge >= 0.3 is 0 Å². The summed E-state index contributed by atoms with van der Waals surface area (Å²) < 4.78 is 1.78. The van der Waals surface area contributed by atoms with Crippen molar-refractivity contribution in [3.05, 3.63) is 17.5 Å². The van der Waals surface area contributed by atoms with Gasteiger partial charge in [-0.3, -0.25) is 14.3 Å². The van der Waals surface area contributed by atoms with Crippen LogP contribution in [-0.4, -0.2) is 28.1 Å². The zero-order chi connectivity index (χ0) is 16.8. The first-order chi connectivity index (χ1) is 11.0. The van der Waals surface area contributed by atoms with Crippen LogP contribution in [0.1, 0.15) is 62.7 Å².